The summed E-state index contributed by atoms with van der Waals surface area (Å²) >= 11 is 0. The normalized spacial score (nSPS) is 24.8. The minimum atomic E-state index is -0.594. The van der Waals surface area contributed by atoms with Gasteiger partial charge in [0.2, 0.25) is 0 Å². The maximum Gasteiger partial charge on any atom is 0.122 e. The third kappa shape index (κ3) is 3.14. The van der Waals surface area contributed by atoms with Gasteiger partial charge in [-0.1, -0.05) is 18.2 Å². The molecule has 1 saturated heterocycles. The highest BCUT2D eigenvalue weighted by Gasteiger charge is 2.30. The summed E-state index contributed by atoms with van der Waals surface area (Å²) in [6, 6.07) is 8.25. The summed E-state index contributed by atoms with van der Waals surface area (Å²) in [6.45, 7) is 3.65. The molecule has 1 unspecified atom stereocenters. The minimum Gasteiger partial charge on any atom is -0.493 e. The van der Waals surface area contributed by atoms with E-state index in [0.717, 1.165) is 38.2 Å². The van der Waals surface area contributed by atoms with Crippen LogP contribution in [0.1, 0.15) is 30.7 Å². The molecule has 0 aromatic heterocycles. The summed E-state index contributed by atoms with van der Waals surface area (Å²) in [4.78, 5) is 0. The fourth-order valence-corrected chi connectivity index (χ4v) is 3.04. The van der Waals surface area contributed by atoms with E-state index in [9.17, 15) is 5.11 Å². The first-order valence-electron chi connectivity index (χ1n) is 7.49. The number of rotatable bonds is 4. The minimum absolute atomic E-state index is 0.475. The number of hydrogen-bond donors (Lipinski definition) is 2. The van der Waals surface area contributed by atoms with Crippen molar-refractivity contribution in [1.82, 2.24) is 5.32 Å². The molecule has 0 spiro atoms. The number of para-hydroxylation sites is 1. The maximum absolute atomic E-state index is 10.4. The van der Waals surface area contributed by atoms with Crippen LogP contribution in [-0.4, -0.2) is 43.6 Å². The highest BCUT2D eigenvalue weighted by Crippen LogP contribution is 2.32. The standard InChI is InChI=1S/C16H23NO3/c18-16(6-9-19-10-7-16)12-17-11-13-5-8-20-15-4-2-1-3-14(13)15/h1-4,13,17-18H,5-12H2. The second-order valence-electron chi connectivity index (χ2n) is 5.84. The molecule has 1 aromatic carbocycles. The van der Waals surface area contributed by atoms with Crippen LogP contribution in [0.15, 0.2) is 24.3 Å². The molecule has 2 aliphatic rings. The molecule has 2 N–H and O–H groups in total. The van der Waals surface area contributed by atoms with Gasteiger partial charge in [-0.05, 0) is 18.1 Å². The number of aliphatic hydroxyl groups is 1. The van der Waals surface area contributed by atoms with Gasteiger partial charge in [-0.2, -0.15) is 0 Å². The van der Waals surface area contributed by atoms with Crippen molar-refractivity contribution < 1.29 is 14.6 Å². The fourth-order valence-electron chi connectivity index (χ4n) is 3.04. The fraction of sp³-hybridized carbons (Fsp3) is 0.625. The SMILES string of the molecule is OC1(CNCC2CCOc3ccccc32)CCOCC1. The van der Waals surface area contributed by atoms with E-state index in [2.05, 4.69) is 17.4 Å². The van der Waals surface area contributed by atoms with Gasteiger partial charge in [0, 0.05) is 45.1 Å². The lowest BCUT2D eigenvalue weighted by Crippen LogP contribution is -2.46. The predicted molar refractivity (Wildman–Crippen MR) is 77.2 cm³/mol. The molecule has 1 atom stereocenters. The molecule has 0 aliphatic carbocycles. The molecule has 4 heteroatoms. The average Bonchev–Trinajstić information content (AvgIpc) is 2.48. The predicted octanol–water partition coefficient (Wildman–Crippen LogP) is 1.68. The Morgan fingerprint density at radius 1 is 1.20 bits per heavy atom. The van der Waals surface area contributed by atoms with Crippen LogP contribution in [0.25, 0.3) is 0 Å². The maximum atomic E-state index is 10.4. The average molecular weight is 277 g/mol. The van der Waals surface area contributed by atoms with Gasteiger partial charge in [-0.3, -0.25) is 0 Å². The monoisotopic (exact) mass is 277 g/mol. The van der Waals surface area contributed by atoms with Crippen molar-refractivity contribution >= 4 is 0 Å². The molecule has 0 radical (unpaired) electrons. The van der Waals surface area contributed by atoms with Crippen LogP contribution in [0.2, 0.25) is 0 Å². The Labute approximate surface area is 120 Å². The van der Waals surface area contributed by atoms with Crippen molar-refractivity contribution in [1.29, 1.82) is 0 Å². The molecule has 2 aliphatic heterocycles. The van der Waals surface area contributed by atoms with Crippen molar-refractivity contribution in [3.63, 3.8) is 0 Å². The molecule has 110 valence electrons. The second kappa shape index (κ2) is 6.12. The zero-order valence-corrected chi connectivity index (χ0v) is 11.8. The number of hydrogen-bond acceptors (Lipinski definition) is 4. The largest absolute Gasteiger partial charge is 0.493 e. The van der Waals surface area contributed by atoms with Crippen LogP contribution in [0.3, 0.4) is 0 Å². The highest BCUT2D eigenvalue weighted by atomic mass is 16.5. The van der Waals surface area contributed by atoms with Gasteiger partial charge in [0.05, 0.1) is 12.2 Å². The van der Waals surface area contributed by atoms with Crippen molar-refractivity contribution in [2.24, 2.45) is 0 Å². The summed E-state index contributed by atoms with van der Waals surface area (Å²) in [5.74, 6) is 1.48. The Hall–Kier alpha value is -1.10. The van der Waals surface area contributed by atoms with E-state index in [-0.39, 0.29) is 0 Å². The lowest BCUT2D eigenvalue weighted by Gasteiger charge is -2.33. The van der Waals surface area contributed by atoms with Crippen LogP contribution in [-0.2, 0) is 4.74 Å². The number of benzene rings is 1. The van der Waals surface area contributed by atoms with E-state index in [1.165, 1.54) is 5.56 Å². The van der Waals surface area contributed by atoms with Crippen LogP contribution in [0, 0.1) is 0 Å². The quantitative estimate of drug-likeness (QED) is 0.879. The summed E-state index contributed by atoms with van der Waals surface area (Å²) in [7, 11) is 0. The Balaban J connectivity index is 1.54. The van der Waals surface area contributed by atoms with E-state index in [1.807, 2.05) is 12.1 Å². The van der Waals surface area contributed by atoms with Gasteiger partial charge < -0.3 is 19.9 Å². The number of ether oxygens (including phenoxy) is 2. The molecule has 0 amide bonds. The van der Waals surface area contributed by atoms with Gasteiger partial charge in [-0.25, -0.2) is 0 Å². The molecular weight excluding hydrogens is 254 g/mol. The van der Waals surface area contributed by atoms with Crippen molar-refractivity contribution in [2.45, 2.75) is 30.8 Å². The Morgan fingerprint density at radius 2 is 2.00 bits per heavy atom. The Morgan fingerprint density at radius 3 is 2.85 bits per heavy atom. The van der Waals surface area contributed by atoms with Crippen LogP contribution in [0.5, 0.6) is 5.75 Å². The summed E-state index contributed by atoms with van der Waals surface area (Å²) in [5.41, 5.74) is 0.688. The summed E-state index contributed by atoms with van der Waals surface area (Å²) in [6.07, 6.45) is 2.49. The van der Waals surface area contributed by atoms with E-state index in [4.69, 9.17) is 9.47 Å². The third-order valence-corrected chi connectivity index (χ3v) is 4.35. The Bertz CT molecular complexity index is 443. The van der Waals surface area contributed by atoms with Gasteiger partial charge >= 0.3 is 0 Å². The molecule has 0 saturated carbocycles. The van der Waals surface area contributed by atoms with Crippen molar-refractivity contribution in [3.05, 3.63) is 29.8 Å². The van der Waals surface area contributed by atoms with Gasteiger partial charge in [-0.15, -0.1) is 0 Å². The van der Waals surface area contributed by atoms with E-state index in [1.54, 1.807) is 0 Å². The third-order valence-electron chi connectivity index (χ3n) is 4.35. The zero-order chi connectivity index (χ0) is 13.8. The molecule has 3 rings (SSSR count). The van der Waals surface area contributed by atoms with Crippen molar-refractivity contribution in [3.8, 4) is 5.75 Å². The second-order valence-corrected chi connectivity index (χ2v) is 5.84. The highest BCUT2D eigenvalue weighted by molar-refractivity contribution is 5.37. The zero-order valence-electron chi connectivity index (χ0n) is 11.8. The smallest absolute Gasteiger partial charge is 0.122 e. The molecule has 1 aromatic rings. The van der Waals surface area contributed by atoms with Gasteiger partial charge in [0.15, 0.2) is 0 Å². The molecule has 20 heavy (non-hydrogen) atoms. The van der Waals surface area contributed by atoms with E-state index in [0.29, 0.717) is 25.7 Å². The first-order chi connectivity index (χ1) is 9.77. The van der Waals surface area contributed by atoms with Crippen LogP contribution in [0.4, 0.5) is 0 Å². The molecular formula is C16H23NO3. The molecule has 2 heterocycles. The summed E-state index contributed by atoms with van der Waals surface area (Å²) < 4.78 is 11.0. The topological polar surface area (TPSA) is 50.7 Å². The lowest BCUT2D eigenvalue weighted by atomic mass is 9.91. The molecule has 0 bridgehead atoms. The van der Waals surface area contributed by atoms with Gasteiger partial charge in [0.25, 0.3) is 0 Å². The first-order valence-corrected chi connectivity index (χ1v) is 7.49. The van der Waals surface area contributed by atoms with E-state index < -0.39 is 5.60 Å². The van der Waals surface area contributed by atoms with Crippen LogP contribution >= 0.6 is 0 Å². The van der Waals surface area contributed by atoms with Crippen LogP contribution < -0.4 is 10.1 Å². The number of nitrogens with one attached hydrogen (secondary N) is 1. The summed E-state index contributed by atoms with van der Waals surface area (Å²) in [5, 5.41) is 13.9. The Kier molecular flexibility index (Phi) is 4.24. The van der Waals surface area contributed by atoms with Gasteiger partial charge in [0.1, 0.15) is 5.75 Å². The van der Waals surface area contributed by atoms with Crippen molar-refractivity contribution in [2.75, 3.05) is 32.9 Å². The molecule has 4 nitrogen and oxygen atoms in total. The first kappa shape index (κ1) is 13.9. The van der Waals surface area contributed by atoms with E-state index >= 15 is 0 Å². The molecule has 1 fully saturated rings. The number of fused-ring (bicyclic) bond motifs is 1. The lowest BCUT2D eigenvalue weighted by molar-refractivity contribution is -0.0616.